The fourth-order valence-electron chi connectivity index (χ4n) is 0.378. The van der Waals surface area contributed by atoms with E-state index in [2.05, 4.69) is 0 Å². The predicted octanol–water partition coefficient (Wildman–Crippen LogP) is 1.39. The van der Waals surface area contributed by atoms with E-state index in [0.717, 1.165) is 6.26 Å². The quantitative estimate of drug-likeness (QED) is 0.445. The first-order valence-corrected chi connectivity index (χ1v) is 2.97. The highest BCUT2D eigenvalue weighted by Crippen LogP contribution is 1.90. The van der Waals surface area contributed by atoms with Crippen LogP contribution in [0.2, 0.25) is 0 Å². The lowest BCUT2D eigenvalue weighted by Gasteiger charge is -1.95. The highest BCUT2D eigenvalue weighted by molar-refractivity contribution is 5.01. The van der Waals surface area contributed by atoms with Crippen LogP contribution in [0.5, 0.6) is 0 Å². The van der Waals surface area contributed by atoms with Crippen LogP contribution in [0.15, 0.2) is 24.5 Å². The first-order valence-electron chi connectivity index (χ1n) is 2.97. The molecular weight excluding hydrogens is 116 g/mol. The zero-order valence-corrected chi connectivity index (χ0v) is 5.49. The summed E-state index contributed by atoms with van der Waals surface area (Å²) in [5.41, 5.74) is 0. The summed E-state index contributed by atoms with van der Waals surface area (Å²) < 4.78 is 0. The SMILES string of the molecule is CCC(O)C=CC=CO. The van der Waals surface area contributed by atoms with E-state index < -0.39 is 0 Å². The second kappa shape index (κ2) is 5.38. The lowest BCUT2D eigenvalue weighted by Crippen LogP contribution is -1.97. The lowest BCUT2D eigenvalue weighted by molar-refractivity contribution is 0.219. The molecule has 0 aromatic carbocycles. The van der Waals surface area contributed by atoms with E-state index >= 15 is 0 Å². The zero-order valence-electron chi connectivity index (χ0n) is 5.49. The zero-order chi connectivity index (χ0) is 7.11. The summed E-state index contributed by atoms with van der Waals surface area (Å²) in [4.78, 5) is 0. The Kier molecular flexibility index (Phi) is 4.92. The van der Waals surface area contributed by atoms with Gasteiger partial charge in [0.25, 0.3) is 0 Å². The molecule has 0 heterocycles. The third kappa shape index (κ3) is 5.11. The van der Waals surface area contributed by atoms with Crippen LogP contribution in [0.25, 0.3) is 0 Å². The van der Waals surface area contributed by atoms with Crippen molar-refractivity contribution in [1.82, 2.24) is 0 Å². The molecule has 0 aliphatic heterocycles. The molecule has 1 unspecified atom stereocenters. The minimum absolute atomic E-state index is 0.388. The topological polar surface area (TPSA) is 40.5 Å². The first-order chi connectivity index (χ1) is 4.31. The Morgan fingerprint density at radius 2 is 2.11 bits per heavy atom. The largest absolute Gasteiger partial charge is 0.516 e. The summed E-state index contributed by atoms with van der Waals surface area (Å²) in [6, 6.07) is 0. The molecule has 0 amide bonds. The van der Waals surface area contributed by atoms with Gasteiger partial charge >= 0.3 is 0 Å². The number of rotatable bonds is 3. The van der Waals surface area contributed by atoms with Gasteiger partial charge in [0.1, 0.15) is 0 Å². The molecule has 0 bridgehead atoms. The smallest absolute Gasteiger partial charge is 0.0791 e. The van der Waals surface area contributed by atoms with Gasteiger partial charge < -0.3 is 10.2 Å². The molecule has 9 heavy (non-hydrogen) atoms. The van der Waals surface area contributed by atoms with Crippen LogP contribution >= 0.6 is 0 Å². The van der Waals surface area contributed by atoms with Gasteiger partial charge in [-0.15, -0.1) is 0 Å². The molecular formula is C7H12O2. The van der Waals surface area contributed by atoms with Gasteiger partial charge in [0, 0.05) is 0 Å². The van der Waals surface area contributed by atoms with Crippen LogP contribution in [-0.2, 0) is 0 Å². The number of hydrogen-bond acceptors (Lipinski definition) is 2. The van der Waals surface area contributed by atoms with Crippen molar-refractivity contribution < 1.29 is 10.2 Å². The molecule has 1 atom stereocenters. The molecule has 0 aliphatic rings. The van der Waals surface area contributed by atoms with E-state index in [-0.39, 0.29) is 6.10 Å². The minimum atomic E-state index is -0.388. The van der Waals surface area contributed by atoms with Gasteiger partial charge in [-0.2, -0.15) is 0 Å². The standard InChI is InChI=1S/C7H12O2/c1-2-7(9)5-3-4-6-8/h3-9H,2H2,1H3. The molecule has 0 saturated heterocycles. The van der Waals surface area contributed by atoms with Gasteiger partial charge in [-0.3, -0.25) is 0 Å². The van der Waals surface area contributed by atoms with Crippen molar-refractivity contribution in [2.45, 2.75) is 19.4 Å². The maximum atomic E-state index is 8.88. The van der Waals surface area contributed by atoms with E-state index in [9.17, 15) is 0 Å². The molecule has 0 saturated carbocycles. The van der Waals surface area contributed by atoms with E-state index in [1.165, 1.54) is 6.08 Å². The van der Waals surface area contributed by atoms with Gasteiger partial charge in [0.2, 0.25) is 0 Å². The number of aliphatic hydroxyl groups is 2. The summed E-state index contributed by atoms with van der Waals surface area (Å²) in [6.07, 6.45) is 5.93. The average molecular weight is 128 g/mol. The van der Waals surface area contributed by atoms with Crippen LogP contribution in [0.1, 0.15) is 13.3 Å². The van der Waals surface area contributed by atoms with E-state index in [4.69, 9.17) is 10.2 Å². The van der Waals surface area contributed by atoms with E-state index in [1.54, 1.807) is 12.2 Å². The molecule has 0 fully saturated rings. The maximum Gasteiger partial charge on any atom is 0.0791 e. The minimum Gasteiger partial charge on any atom is -0.516 e. The van der Waals surface area contributed by atoms with Crippen molar-refractivity contribution in [3.63, 3.8) is 0 Å². The van der Waals surface area contributed by atoms with Gasteiger partial charge in [0.05, 0.1) is 12.4 Å². The van der Waals surface area contributed by atoms with Crippen molar-refractivity contribution in [2.75, 3.05) is 0 Å². The highest BCUT2D eigenvalue weighted by atomic mass is 16.3. The molecule has 2 nitrogen and oxygen atoms in total. The predicted molar refractivity (Wildman–Crippen MR) is 37.2 cm³/mol. The van der Waals surface area contributed by atoms with Crippen molar-refractivity contribution in [1.29, 1.82) is 0 Å². The molecule has 0 spiro atoms. The Morgan fingerprint density at radius 3 is 2.56 bits per heavy atom. The number of allylic oxidation sites excluding steroid dienone is 2. The van der Waals surface area contributed by atoms with Crippen molar-refractivity contribution >= 4 is 0 Å². The summed E-state index contributed by atoms with van der Waals surface area (Å²) in [5.74, 6) is 0. The Balaban J connectivity index is 3.43. The second-order valence-corrected chi connectivity index (χ2v) is 1.70. The first kappa shape index (κ1) is 8.24. The summed E-state index contributed by atoms with van der Waals surface area (Å²) in [7, 11) is 0. The third-order valence-corrected chi connectivity index (χ3v) is 0.949. The maximum absolute atomic E-state index is 8.88. The van der Waals surface area contributed by atoms with Gasteiger partial charge in [-0.1, -0.05) is 19.1 Å². The lowest BCUT2D eigenvalue weighted by atomic mass is 10.2. The van der Waals surface area contributed by atoms with Crippen LogP contribution in [0.4, 0.5) is 0 Å². The Bertz CT molecular complexity index is 105. The van der Waals surface area contributed by atoms with Gasteiger partial charge in [-0.05, 0) is 12.5 Å². The third-order valence-electron chi connectivity index (χ3n) is 0.949. The molecule has 2 N–H and O–H groups in total. The van der Waals surface area contributed by atoms with Crippen LogP contribution in [0.3, 0.4) is 0 Å². The molecule has 0 aliphatic carbocycles. The summed E-state index contributed by atoms with van der Waals surface area (Å²) >= 11 is 0. The van der Waals surface area contributed by atoms with Crippen LogP contribution < -0.4 is 0 Å². The van der Waals surface area contributed by atoms with Gasteiger partial charge in [-0.25, -0.2) is 0 Å². The number of aliphatic hydroxyl groups excluding tert-OH is 2. The molecule has 52 valence electrons. The van der Waals surface area contributed by atoms with Gasteiger partial charge in [0.15, 0.2) is 0 Å². The van der Waals surface area contributed by atoms with Crippen LogP contribution in [-0.4, -0.2) is 16.3 Å². The fourth-order valence-corrected chi connectivity index (χ4v) is 0.378. The fraction of sp³-hybridized carbons (Fsp3) is 0.429. The molecule has 0 rings (SSSR count). The normalized spacial score (nSPS) is 15.3. The Morgan fingerprint density at radius 1 is 1.44 bits per heavy atom. The van der Waals surface area contributed by atoms with E-state index in [1.807, 2.05) is 6.92 Å². The average Bonchev–Trinajstić information content (AvgIpc) is 1.89. The molecule has 0 radical (unpaired) electrons. The highest BCUT2D eigenvalue weighted by Gasteiger charge is 1.88. The van der Waals surface area contributed by atoms with Crippen molar-refractivity contribution in [3.8, 4) is 0 Å². The van der Waals surface area contributed by atoms with Crippen molar-refractivity contribution in [3.05, 3.63) is 24.5 Å². The second-order valence-electron chi connectivity index (χ2n) is 1.70. The van der Waals surface area contributed by atoms with E-state index in [0.29, 0.717) is 6.42 Å². The summed E-state index contributed by atoms with van der Waals surface area (Å²) in [5, 5.41) is 17.0. The number of hydrogen-bond donors (Lipinski definition) is 2. The molecule has 0 aromatic rings. The Labute approximate surface area is 55.1 Å². The van der Waals surface area contributed by atoms with Crippen LogP contribution in [0, 0.1) is 0 Å². The van der Waals surface area contributed by atoms with Crippen molar-refractivity contribution in [2.24, 2.45) is 0 Å². The molecule has 2 heteroatoms. The Hall–Kier alpha value is -0.760. The summed E-state index contributed by atoms with van der Waals surface area (Å²) in [6.45, 7) is 1.89. The molecule has 0 aromatic heterocycles. The monoisotopic (exact) mass is 128 g/mol.